The number of hydrogen-bond donors (Lipinski definition) is 2. The summed E-state index contributed by atoms with van der Waals surface area (Å²) >= 11 is 5.20. The first-order chi connectivity index (χ1) is 12.5. The molecule has 0 aromatic heterocycles. The molecule has 0 saturated heterocycles. The number of hydrogen-bond acceptors (Lipinski definition) is 4. The second kappa shape index (κ2) is 7.28. The molecule has 0 spiro atoms. The van der Waals surface area contributed by atoms with Crippen molar-refractivity contribution < 1.29 is 9.72 Å². The first kappa shape index (κ1) is 17.5. The molecule has 3 aromatic rings. The van der Waals surface area contributed by atoms with Crippen LogP contribution in [-0.2, 0) is 0 Å². The summed E-state index contributed by atoms with van der Waals surface area (Å²) in [7, 11) is 0. The zero-order valence-corrected chi connectivity index (χ0v) is 14.7. The Bertz CT molecular complexity index is 1030. The van der Waals surface area contributed by atoms with Crippen molar-refractivity contribution in [1.29, 1.82) is 0 Å². The maximum atomic E-state index is 12.6. The Morgan fingerprint density at radius 2 is 1.81 bits per heavy atom. The third-order valence-corrected chi connectivity index (χ3v) is 4.13. The molecule has 0 radical (unpaired) electrons. The van der Waals surface area contributed by atoms with Gasteiger partial charge in [0, 0.05) is 23.4 Å². The predicted molar refractivity (Wildman–Crippen MR) is 105 cm³/mol. The lowest BCUT2D eigenvalue weighted by molar-refractivity contribution is -0.384. The third kappa shape index (κ3) is 3.68. The van der Waals surface area contributed by atoms with Crippen molar-refractivity contribution in [2.24, 2.45) is 0 Å². The van der Waals surface area contributed by atoms with Gasteiger partial charge in [-0.05, 0) is 47.6 Å². The topological polar surface area (TPSA) is 84.3 Å². The maximum absolute atomic E-state index is 12.6. The van der Waals surface area contributed by atoms with Gasteiger partial charge in [0.15, 0.2) is 5.11 Å². The zero-order valence-electron chi connectivity index (χ0n) is 13.9. The molecule has 0 bridgehead atoms. The highest BCUT2D eigenvalue weighted by atomic mass is 32.1. The standard InChI is InChI=1S/C19H15N3O3S/c1-12-11-14(22(24)25)9-10-17(12)20-19(26)21-18(23)16-8-4-6-13-5-2-3-7-15(13)16/h2-11H,1H3,(H2,20,21,23,26). The molecule has 0 aliphatic heterocycles. The second-order valence-corrected chi connectivity index (χ2v) is 6.10. The molecular weight excluding hydrogens is 350 g/mol. The van der Waals surface area contributed by atoms with Crippen molar-refractivity contribution in [3.05, 3.63) is 81.9 Å². The molecule has 1 amide bonds. The minimum atomic E-state index is -0.461. The van der Waals surface area contributed by atoms with Gasteiger partial charge in [-0.15, -0.1) is 0 Å². The van der Waals surface area contributed by atoms with E-state index in [4.69, 9.17) is 12.2 Å². The van der Waals surface area contributed by atoms with E-state index in [1.165, 1.54) is 12.1 Å². The molecule has 26 heavy (non-hydrogen) atoms. The number of carbonyl (C=O) groups excluding carboxylic acids is 1. The van der Waals surface area contributed by atoms with E-state index in [-0.39, 0.29) is 16.7 Å². The number of non-ortho nitro benzene ring substituents is 1. The highest BCUT2D eigenvalue weighted by molar-refractivity contribution is 7.80. The number of aryl methyl sites for hydroxylation is 1. The van der Waals surface area contributed by atoms with Gasteiger partial charge in [0.25, 0.3) is 11.6 Å². The average Bonchev–Trinajstić information content (AvgIpc) is 2.62. The van der Waals surface area contributed by atoms with Gasteiger partial charge in [-0.3, -0.25) is 20.2 Å². The zero-order chi connectivity index (χ0) is 18.7. The number of carbonyl (C=O) groups is 1. The predicted octanol–water partition coefficient (Wildman–Crippen LogP) is 4.18. The highest BCUT2D eigenvalue weighted by Gasteiger charge is 2.13. The molecule has 0 atom stereocenters. The van der Waals surface area contributed by atoms with E-state index in [0.717, 1.165) is 10.8 Å². The Balaban J connectivity index is 1.76. The fourth-order valence-corrected chi connectivity index (χ4v) is 2.85. The van der Waals surface area contributed by atoms with Crippen molar-refractivity contribution in [2.45, 2.75) is 6.92 Å². The van der Waals surface area contributed by atoms with Crippen LogP contribution in [0.3, 0.4) is 0 Å². The molecule has 3 rings (SSSR count). The van der Waals surface area contributed by atoms with Gasteiger partial charge in [0.05, 0.1) is 4.92 Å². The minimum absolute atomic E-state index is 0.00115. The molecule has 6 nitrogen and oxygen atoms in total. The summed E-state index contributed by atoms with van der Waals surface area (Å²) < 4.78 is 0. The van der Waals surface area contributed by atoms with Crippen LogP contribution in [0.15, 0.2) is 60.7 Å². The van der Waals surface area contributed by atoms with Gasteiger partial charge in [-0.2, -0.15) is 0 Å². The third-order valence-electron chi connectivity index (χ3n) is 3.93. The van der Waals surface area contributed by atoms with E-state index < -0.39 is 4.92 Å². The molecule has 0 saturated carbocycles. The number of nitro benzene ring substituents is 1. The Morgan fingerprint density at radius 1 is 1.08 bits per heavy atom. The fourth-order valence-electron chi connectivity index (χ4n) is 2.65. The maximum Gasteiger partial charge on any atom is 0.269 e. The van der Waals surface area contributed by atoms with Crippen LogP contribution in [0.1, 0.15) is 15.9 Å². The number of amides is 1. The first-order valence-corrected chi connectivity index (χ1v) is 8.21. The van der Waals surface area contributed by atoms with Crippen molar-refractivity contribution in [1.82, 2.24) is 5.32 Å². The van der Waals surface area contributed by atoms with E-state index in [1.54, 1.807) is 19.1 Å². The molecule has 0 unspecified atom stereocenters. The molecule has 0 aliphatic carbocycles. The minimum Gasteiger partial charge on any atom is -0.332 e. The average molecular weight is 365 g/mol. The van der Waals surface area contributed by atoms with Crippen LogP contribution < -0.4 is 10.6 Å². The summed E-state index contributed by atoms with van der Waals surface area (Å²) in [5.41, 5.74) is 1.77. The number of nitrogens with zero attached hydrogens (tertiary/aromatic N) is 1. The summed E-state index contributed by atoms with van der Waals surface area (Å²) in [4.78, 5) is 22.9. The number of benzene rings is 3. The molecule has 0 heterocycles. The summed E-state index contributed by atoms with van der Waals surface area (Å²) in [6.07, 6.45) is 0. The number of nitro groups is 1. The fraction of sp³-hybridized carbons (Fsp3) is 0.0526. The molecule has 0 aliphatic rings. The number of nitrogens with one attached hydrogen (secondary N) is 2. The largest absolute Gasteiger partial charge is 0.332 e. The molecule has 3 aromatic carbocycles. The van der Waals surface area contributed by atoms with Crippen LogP contribution in [0.5, 0.6) is 0 Å². The van der Waals surface area contributed by atoms with Crippen LogP contribution in [0.25, 0.3) is 10.8 Å². The van der Waals surface area contributed by atoms with Gasteiger partial charge in [0.1, 0.15) is 0 Å². The van der Waals surface area contributed by atoms with Crippen LogP contribution in [0.4, 0.5) is 11.4 Å². The Morgan fingerprint density at radius 3 is 2.54 bits per heavy atom. The van der Waals surface area contributed by atoms with E-state index >= 15 is 0 Å². The first-order valence-electron chi connectivity index (χ1n) is 7.81. The van der Waals surface area contributed by atoms with Gasteiger partial charge < -0.3 is 5.32 Å². The molecule has 130 valence electrons. The summed E-state index contributed by atoms with van der Waals surface area (Å²) in [6, 6.07) is 17.5. The van der Waals surface area contributed by atoms with Crippen molar-refractivity contribution in [3.63, 3.8) is 0 Å². The number of anilines is 1. The number of rotatable bonds is 3. The smallest absolute Gasteiger partial charge is 0.269 e. The number of fused-ring (bicyclic) bond motifs is 1. The SMILES string of the molecule is Cc1cc([N+](=O)[O-])ccc1NC(=S)NC(=O)c1cccc2ccccc12. The lowest BCUT2D eigenvalue weighted by Gasteiger charge is -2.12. The lowest BCUT2D eigenvalue weighted by atomic mass is 10.0. The highest BCUT2D eigenvalue weighted by Crippen LogP contribution is 2.21. The summed E-state index contributed by atoms with van der Waals surface area (Å²) in [5, 5.41) is 18.3. The second-order valence-electron chi connectivity index (χ2n) is 5.69. The monoisotopic (exact) mass is 365 g/mol. The van der Waals surface area contributed by atoms with E-state index in [1.807, 2.05) is 36.4 Å². The van der Waals surface area contributed by atoms with Crippen molar-refractivity contribution >= 4 is 45.4 Å². The van der Waals surface area contributed by atoms with Gasteiger partial charge >= 0.3 is 0 Å². The van der Waals surface area contributed by atoms with Gasteiger partial charge in [0.2, 0.25) is 0 Å². The van der Waals surface area contributed by atoms with Crippen LogP contribution in [0.2, 0.25) is 0 Å². The van der Waals surface area contributed by atoms with Gasteiger partial charge in [-0.25, -0.2) is 0 Å². The Hall–Kier alpha value is -3.32. The molecule has 2 N–H and O–H groups in total. The Kier molecular flexibility index (Phi) is 4.90. The van der Waals surface area contributed by atoms with Crippen LogP contribution >= 0.6 is 12.2 Å². The molecule has 0 fully saturated rings. The normalized spacial score (nSPS) is 10.3. The van der Waals surface area contributed by atoms with Crippen molar-refractivity contribution in [2.75, 3.05) is 5.32 Å². The van der Waals surface area contributed by atoms with Gasteiger partial charge in [-0.1, -0.05) is 36.4 Å². The van der Waals surface area contributed by atoms with Crippen LogP contribution in [-0.4, -0.2) is 15.9 Å². The van der Waals surface area contributed by atoms with E-state index in [0.29, 0.717) is 16.8 Å². The quantitative estimate of drug-likeness (QED) is 0.413. The lowest BCUT2D eigenvalue weighted by Crippen LogP contribution is -2.34. The molecular formula is C19H15N3O3S. The van der Waals surface area contributed by atoms with E-state index in [2.05, 4.69) is 10.6 Å². The van der Waals surface area contributed by atoms with Crippen molar-refractivity contribution in [3.8, 4) is 0 Å². The van der Waals surface area contributed by atoms with Crippen LogP contribution in [0, 0.1) is 17.0 Å². The van der Waals surface area contributed by atoms with E-state index in [9.17, 15) is 14.9 Å². The number of thiocarbonyl (C=S) groups is 1. The molecule has 7 heteroatoms. The Labute approximate surface area is 155 Å². The summed E-state index contributed by atoms with van der Waals surface area (Å²) in [5.74, 6) is -0.320. The summed E-state index contributed by atoms with van der Waals surface area (Å²) in [6.45, 7) is 1.73.